The zero-order valence-electron chi connectivity index (χ0n) is 16.0. The number of carbonyl (C=O) groups excluding carboxylic acids is 1. The number of rotatable bonds is 3. The van der Waals surface area contributed by atoms with Gasteiger partial charge in [-0.3, -0.25) is 4.79 Å². The predicted molar refractivity (Wildman–Crippen MR) is 108 cm³/mol. The van der Waals surface area contributed by atoms with Crippen LogP contribution in [0.4, 0.5) is 10.2 Å². The first kappa shape index (κ1) is 19.7. The Morgan fingerprint density at radius 1 is 1.14 bits per heavy atom. The molecule has 0 amide bonds. The van der Waals surface area contributed by atoms with Gasteiger partial charge < -0.3 is 10.1 Å². The summed E-state index contributed by atoms with van der Waals surface area (Å²) >= 11 is 6.04. The van der Waals surface area contributed by atoms with Gasteiger partial charge in [0.25, 0.3) is 0 Å². The molecular weight excluding hydrogens is 393 g/mol. The second-order valence-electron chi connectivity index (χ2n) is 7.51. The summed E-state index contributed by atoms with van der Waals surface area (Å²) in [4.78, 5) is 20.4. The van der Waals surface area contributed by atoms with E-state index in [9.17, 15) is 4.79 Å². The van der Waals surface area contributed by atoms with Gasteiger partial charge in [0, 0.05) is 11.6 Å². The van der Waals surface area contributed by atoms with Gasteiger partial charge >= 0.3 is 5.97 Å². The van der Waals surface area contributed by atoms with Gasteiger partial charge in [0.1, 0.15) is 0 Å². The van der Waals surface area contributed by atoms with Crippen LogP contribution in [0.5, 0.6) is 0 Å². The standard InChI is InChI=1S/C22H21ClFN3O2/c1-29-21(28)17-14-8-10-15(11-9-14)19(17)26-20-18(24)16(25-22(23)27-20)12-7-13-5-3-2-4-6-13/h2-6,14-15,17,19H,8-11H2,1H3,(H,25,26,27). The number of esters is 1. The van der Waals surface area contributed by atoms with Crippen molar-refractivity contribution in [3.63, 3.8) is 0 Å². The van der Waals surface area contributed by atoms with E-state index in [0.717, 1.165) is 31.2 Å². The molecule has 0 radical (unpaired) electrons. The third-order valence-electron chi connectivity index (χ3n) is 5.92. The van der Waals surface area contributed by atoms with Crippen molar-refractivity contribution in [3.05, 3.63) is 52.7 Å². The molecule has 3 aliphatic carbocycles. The summed E-state index contributed by atoms with van der Waals surface area (Å²) in [5, 5.41) is 3.05. The van der Waals surface area contributed by atoms with Crippen LogP contribution in [0.1, 0.15) is 36.9 Å². The molecule has 2 unspecified atom stereocenters. The molecule has 3 saturated carbocycles. The molecule has 5 nitrogen and oxygen atoms in total. The van der Waals surface area contributed by atoms with Crippen LogP contribution in [0.2, 0.25) is 5.28 Å². The number of hydrogen-bond donors (Lipinski definition) is 1. The minimum absolute atomic E-state index is 0.0196. The highest BCUT2D eigenvalue weighted by atomic mass is 35.5. The molecule has 7 heteroatoms. The van der Waals surface area contributed by atoms with E-state index in [4.69, 9.17) is 16.3 Å². The Hall–Kier alpha value is -2.65. The first-order chi connectivity index (χ1) is 14.1. The number of benzene rings is 1. The average Bonchev–Trinajstić information content (AvgIpc) is 2.76. The van der Waals surface area contributed by atoms with Crippen LogP contribution in [0.15, 0.2) is 30.3 Å². The first-order valence-electron chi connectivity index (χ1n) is 9.71. The molecule has 0 spiro atoms. The molecule has 3 fully saturated rings. The van der Waals surface area contributed by atoms with Crippen molar-refractivity contribution >= 4 is 23.4 Å². The molecular formula is C22H21ClFN3O2. The zero-order chi connectivity index (χ0) is 20.4. The lowest BCUT2D eigenvalue weighted by molar-refractivity contribution is -0.152. The number of anilines is 1. The fourth-order valence-corrected chi connectivity index (χ4v) is 4.71. The molecule has 2 atom stereocenters. The quantitative estimate of drug-likeness (QED) is 0.467. The topological polar surface area (TPSA) is 64.1 Å². The number of fused-ring (bicyclic) bond motifs is 3. The largest absolute Gasteiger partial charge is 0.469 e. The minimum atomic E-state index is -0.664. The maximum atomic E-state index is 15.1. The Bertz CT molecular complexity index is 965. The van der Waals surface area contributed by atoms with E-state index in [2.05, 4.69) is 27.1 Å². The van der Waals surface area contributed by atoms with E-state index in [1.165, 1.54) is 7.11 Å². The summed E-state index contributed by atoms with van der Waals surface area (Å²) < 4.78 is 20.1. The van der Waals surface area contributed by atoms with Crippen LogP contribution in [-0.4, -0.2) is 29.1 Å². The average molecular weight is 414 g/mol. The third-order valence-corrected chi connectivity index (χ3v) is 6.09. The normalized spacial score (nSPS) is 25.1. The number of ether oxygens (including phenoxy) is 1. The molecule has 1 aromatic heterocycles. The van der Waals surface area contributed by atoms with Gasteiger partial charge in [-0.25, -0.2) is 4.98 Å². The SMILES string of the molecule is COC(=O)C1C2CCC(CC2)C1Nc1nc(Cl)nc(C#Cc2ccccc2)c1F. The van der Waals surface area contributed by atoms with E-state index in [-0.39, 0.29) is 46.6 Å². The summed E-state index contributed by atoms with van der Waals surface area (Å²) in [5.41, 5.74) is 0.665. The molecule has 2 bridgehead atoms. The summed E-state index contributed by atoms with van der Waals surface area (Å²) in [6.45, 7) is 0. The monoisotopic (exact) mass is 413 g/mol. The summed E-state index contributed by atoms with van der Waals surface area (Å²) in [5.74, 6) is 4.85. The van der Waals surface area contributed by atoms with Crippen LogP contribution in [0, 0.1) is 35.4 Å². The molecule has 3 aliphatic rings. The van der Waals surface area contributed by atoms with E-state index in [1.54, 1.807) is 0 Å². The highest BCUT2D eigenvalue weighted by Gasteiger charge is 2.48. The van der Waals surface area contributed by atoms with Crippen LogP contribution in [-0.2, 0) is 9.53 Å². The van der Waals surface area contributed by atoms with Crippen molar-refractivity contribution < 1.29 is 13.9 Å². The van der Waals surface area contributed by atoms with Gasteiger partial charge in [0.2, 0.25) is 5.28 Å². The number of aromatic nitrogens is 2. The smallest absolute Gasteiger partial charge is 0.311 e. The number of nitrogens with zero attached hydrogens (tertiary/aromatic N) is 2. The maximum Gasteiger partial charge on any atom is 0.311 e. The Labute approximate surface area is 174 Å². The second kappa shape index (κ2) is 8.38. The van der Waals surface area contributed by atoms with Crippen molar-refractivity contribution in [2.24, 2.45) is 17.8 Å². The van der Waals surface area contributed by atoms with Gasteiger partial charge in [-0.15, -0.1) is 0 Å². The molecule has 150 valence electrons. The summed E-state index contributed by atoms with van der Waals surface area (Å²) in [6.07, 6.45) is 3.97. The van der Waals surface area contributed by atoms with Gasteiger partial charge in [0.05, 0.1) is 13.0 Å². The number of carbonyl (C=O) groups is 1. The number of hydrogen-bond acceptors (Lipinski definition) is 5. The lowest BCUT2D eigenvalue weighted by Gasteiger charge is -2.47. The summed E-state index contributed by atoms with van der Waals surface area (Å²) in [6, 6.07) is 8.99. The molecule has 1 aromatic carbocycles. The molecule has 5 rings (SSSR count). The van der Waals surface area contributed by atoms with Crippen molar-refractivity contribution in [2.45, 2.75) is 31.7 Å². The first-order valence-corrected chi connectivity index (χ1v) is 10.1. The summed E-state index contributed by atoms with van der Waals surface area (Å²) in [7, 11) is 1.39. The van der Waals surface area contributed by atoms with E-state index in [0.29, 0.717) is 0 Å². The van der Waals surface area contributed by atoms with Gasteiger partial charge in [0.15, 0.2) is 17.3 Å². The number of nitrogens with one attached hydrogen (secondary N) is 1. The maximum absolute atomic E-state index is 15.1. The van der Waals surface area contributed by atoms with Gasteiger partial charge in [-0.05, 0) is 67.2 Å². The fraction of sp³-hybridized carbons (Fsp3) is 0.409. The molecule has 0 aliphatic heterocycles. The predicted octanol–water partition coefficient (Wildman–Crippen LogP) is 4.06. The third kappa shape index (κ3) is 4.06. The number of halogens is 2. The van der Waals surface area contributed by atoms with Crippen LogP contribution in [0.25, 0.3) is 0 Å². The Morgan fingerprint density at radius 2 is 1.83 bits per heavy atom. The van der Waals surface area contributed by atoms with E-state index >= 15 is 4.39 Å². The zero-order valence-corrected chi connectivity index (χ0v) is 16.7. The second-order valence-corrected chi connectivity index (χ2v) is 7.85. The molecule has 1 N–H and O–H groups in total. The minimum Gasteiger partial charge on any atom is -0.469 e. The number of methoxy groups -OCH3 is 1. The van der Waals surface area contributed by atoms with Crippen LogP contribution < -0.4 is 5.32 Å². The molecule has 0 saturated heterocycles. The Morgan fingerprint density at radius 3 is 2.52 bits per heavy atom. The Kier molecular flexibility index (Phi) is 5.68. The van der Waals surface area contributed by atoms with Crippen molar-refractivity contribution in [1.82, 2.24) is 9.97 Å². The van der Waals surface area contributed by atoms with Crippen molar-refractivity contribution in [1.29, 1.82) is 0 Å². The van der Waals surface area contributed by atoms with Crippen molar-refractivity contribution in [3.8, 4) is 11.8 Å². The van der Waals surface area contributed by atoms with Crippen molar-refractivity contribution in [2.75, 3.05) is 12.4 Å². The van der Waals surface area contributed by atoms with E-state index < -0.39 is 5.82 Å². The highest BCUT2D eigenvalue weighted by molar-refractivity contribution is 6.28. The lowest BCUT2D eigenvalue weighted by atomic mass is 9.61. The fourth-order valence-electron chi connectivity index (χ4n) is 4.54. The highest BCUT2D eigenvalue weighted by Crippen LogP contribution is 2.46. The van der Waals surface area contributed by atoms with Crippen LogP contribution in [0.3, 0.4) is 0 Å². The molecule has 29 heavy (non-hydrogen) atoms. The van der Waals surface area contributed by atoms with E-state index in [1.807, 2.05) is 30.3 Å². The molecule has 1 heterocycles. The molecule has 2 aromatic rings. The van der Waals surface area contributed by atoms with Gasteiger partial charge in [-0.2, -0.15) is 9.37 Å². The van der Waals surface area contributed by atoms with Gasteiger partial charge in [-0.1, -0.05) is 24.1 Å². The van der Waals surface area contributed by atoms with Crippen LogP contribution >= 0.6 is 11.6 Å². The lowest BCUT2D eigenvalue weighted by Crippen LogP contribution is -2.52. The Balaban J connectivity index is 1.64.